The molecule has 0 saturated heterocycles. The van der Waals surface area contributed by atoms with Gasteiger partial charge in [-0.2, -0.15) is 0 Å². The SMILES string of the molecule is CCCCC[C@H](N)c1cc(OC)c2c(c1)OCO2. The van der Waals surface area contributed by atoms with Crippen LogP contribution in [0.3, 0.4) is 0 Å². The smallest absolute Gasteiger partial charge is 0.231 e. The summed E-state index contributed by atoms with van der Waals surface area (Å²) in [5.74, 6) is 2.11. The highest BCUT2D eigenvalue weighted by Crippen LogP contribution is 2.43. The summed E-state index contributed by atoms with van der Waals surface area (Å²) < 4.78 is 16.1. The molecular weight excluding hydrogens is 230 g/mol. The molecule has 2 rings (SSSR count). The second-order valence-corrected chi connectivity index (χ2v) is 4.56. The molecule has 18 heavy (non-hydrogen) atoms. The van der Waals surface area contributed by atoms with Gasteiger partial charge in [0.05, 0.1) is 7.11 Å². The molecule has 0 bridgehead atoms. The Morgan fingerprint density at radius 3 is 2.89 bits per heavy atom. The van der Waals surface area contributed by atoms with E-state index in [0.29, 0.717) is 11.5 Å². The Labute approximate surface area is 108 Å². The van der Waals surface area contributed by atoms with Gasteiger partial charge in [-0.25, -0.2) is 0 Å². The Balaban J connectivity index is 2.13. The number of hydrogen-bond acceptors (Lipinski definition) is 4. The standard InChI is InChI=1S/C14H21NO3/c1-3-4-5-6-11(15)10-7-12(16-2)14-13(8-10)17-9-18-14/h7-8,11H,3-6,9,15H2,1-2H3/t11-/m0/s1. The van der Waals surface area contributed by atoms with Crippen LogP contribution in [0.15, 0.2) is 12.1 Å². The number of benzene rings is 1. The molecule has 0 aliphatic carbocycles. The molecule has 1 aliphatic rings. The molecule has 0 unspecified atom stereocenters. The number of nitrogens with two attached hydrogens (primary N) is 1. The zero-order chi connectivity index (χ0) is 13.0. The second-order valence-electron chi connectivity index (χ2n) is 4.56. The van der Waals surface area contributed by atoms with Gasteiger partial charge >= 0.3 is 0 Å². The monoisotopic (exact) mass is 251 g/mol. The Hall–Kier alpha value is -1.42. The van der Waals surface area contributed by atoms with E-state index in [-0.39, 0.29) is 12.8 Å². The molecule has 100 valence electrons. The lowest BCUT2D eigenvalue weighted by Crippen LogP contribution is -2.10. The normalized spacial score (nSPS) is 14.6. The number of ether oxygens (including phenoxy) is 3. The predicted octanol–water partition coefficient (Wildman–Crippen LogP) is 3.00. The number of rotatable bonds is 6. The van der Waals surface area contributed by atoms with Crippen molar-refractivity contribution < 1.29 is 14.2 Å². The molecule has 4 nitrogen and oxygen atoms in total. The van der Waals surface area contributed by atoms with Gasteiger partial charge in [-0.15, -0.1) is 0 Å². The summed E-state index contributed by atoms with van der Waals surface area (Å²) in [4.78, 5) is 0. The topological polar surface area (TPSA) is 53.7 Å². The van der Waals surface area contributed by atoms with Crippen LogP contribution in [0.25, 0.3) is 0 Å². The van der Waals surface area contributed by atoms with Crippen molar-refractivity contribution in [3.63, 3.8) is 0 Å². The zero-order valence-corrected chi connectivity index (χ0v) is 11.1. The van der Waals surface area contributed by atoms with E-state index in [1.165, 1.54) is 12.8 Å². The van der Waals surface area contributed by atoms with E-state index >= 15 is 0 Å². The van der Waals surface area contributed by atoms with E-state index in [4.69, 9.17) is 19.9 Å². The van der Waals surface area contributed by atoms with E-state index < -0.39 is 0 Å². The molecule has 0 fully saturated rings. The number of unbranched alkanes of at least 4 members (excludes halogenated alkanes) is 2. The van der Waals surface area contributed by atoms with Crippen molar-refractivity contribution in [2.75, 3.05) is 13.9 Å². The number of methoxy groups -OCH3 is 1. The van der Waals surface area contributed by atoms with Crippen molar-refractivity contribution in [2.45, 2.75) is 38.6 Å². The maximum Gasteiger partial charge on any atom is 0.231 e. The largest absolute Gasteiger partial charge is 0.493 e. The van der Waals surface area contributed by atoms with Crippen LogP contribution < -0.4 is 19.9 Å². The Morgan fingerprint density at radius 2 is 2.17 bits per heavy atom. The van der Waals surface area contributed by atoms with Crippen LogP contribution in [0.2, 0.25) is 0 Å². The highest BCUT2D eigenvalue weighted by molar-refractivity contribution is 5.55. The quantitative estimate of drug-likeness (QED) is 0.790. The zero-order valence-electron chi connectivity index (χ0n) is 11.1. The molecule has 1 atom stereocenters. The van der Waals surface area contributed by atoms with Gasteiger partial charge in [-0.3, -0.25) is 0 Å². The van der Waals surface area contributed by atoms with Gasteiger partial charge in [0.25, 0.3) is 0 Å². The molecule has 4 heteroatoms. The van der Waals surface area contributed by atoms with Gasteiger partial charge in [0.2, 0.25) is 12.5 Å². The second kappa shape index (κ2) is 5.96. The van der Waals surface area contributed by atoms with Crippen molar-refractivity contribution >= 4 is 0 Å². The number of fused-ring (bicyclic) bond motifs is 1. The lowest BCUT2D eigenvalue weighted by atomic mass is 10.0. The third-order valence-electron chi connectivity index (χ3n) is 3.23. The van der Waals surface area contributed by atoms with Crippen LogP contribution in [0.1, 0.15) is 44.2 Å². The summed E-state index contributed by atoms with van der Waals surface area (Å²) in [7, 11) is 1.63. The molecule has 2 N–H and O–H groups in total. The van der Waals surface area contributed by atoms with Gasteiger partial charge < -0.3 is 19.9 Å². The van der Waals surface area contributed by atoms with E-state index in [0.717, 1.165) is 24.2 Å². The van der Waals surface area contributed by atoms with Gasteiger partial charge in [0.15, 0.2) is 11.5 Å². The molecule has 0 radical (unpaired) electrons. The first-order valence-corrected chi connectivity index (χ1v) is 6.49. The van der Waals surface area contributed by atoms with Crippen molar-refractivity contribution in [3.05, 3.63) is 17.7 Å². The van der Waals surface area contributed by atoms with Gasteiger partial charge in [-0.1, -0.05) is 26.2 Å². The molecule has 0 aromatic heterocycles. The van der Waals surface area contributed by atoms with Gasteiger partial charge in [0.1, 0.15) is 0 Å². The molecule has 0 saturated carbocycles. The van der Waals surface area contributed by atoms with Crippen LogP contribution in [-0.4, -0.2) is 13.9 Å². The highest BCUT2D eigenvalue weighted by atomic mass is 16.7. The summed E-state index contributed by atoms with van der Waals surface area (Å²) in [6.45, 7) is 2.44. The summed E-state index contributed by atoms with van der Waals surface area (Å²) in [6, 6.07) is 3.94. The number of hydrogen-bond donors (Lipinski definition) is 1. The van der Waals surface area contributed by atoms with E-state index in [2.05, 4.69) is 6.92 Å². The first-order chi connectivity index (χ1) is 8.76. The Kier molecular flexibility index (Phi) is 4.31. The highest BCUT2D eigenvalue weighted by Gasteiger charge is 2.21. The minimum atomic E-state index is 0.0277. The molecule has 0 amide bonds. The average Bonchev–Trinajstić information content (AvgIpc) is 2.85. The molecule has 1 heterocycles. The van der Waals surface area contributed by atoms with E-state index in [1.54, 1.807) is 7.11 Å². The first kappa shape index (κ1) is 13.0. The van der Waals surface area contributed by atoms with E-state index in [1.807, 2.05) is 12.1 Å². The fourth-order valence-electron chi connectivity index (χ4n) is 2.14. The fourth-order valence-corrected chi connectivity index (χ4v) is 2.14. The maximum absolute atomic E-state index is 6.20. The molecule has 1 aromatic carbocycles. The van der Waals surface area contributed by atoms with Crippen LogP contribution in [-0.2, 0) is 0 Å². The average molecular weight is 251 g/mol. The van der Waals surface area contributed by atoms with E-state index in [9.17, 15) is 0 Å². The molecular formula is C14H21NO3. The molecule has 1 aromatic rings. The summed E-state index contributed by atoms with van der Waals surface area (Å²) in [5, 5.41) is 0. The first-order valence-electron chi connectivity index (χ1n) is 6.49. The van der Waals surface area contributed by atoms with Crippen LogP contribution >= 0.6 is 0 Å². The summed E-state index contributed by atoms with van der Waals surface area (Å²) >= 11 is 0. The minimum Gasteiger partial charge on any atom is -0.493 e. The Bertz CT molecular complexity index is 406. The molecule has 0 spiro atoms. The maximum atomic E-state index is 6.20. The van der Waals surface area contributed by atoms with Crippen LogP contribution in [0, 0.1) is 0 Å². The van der Waals surface area contributed by atoms with Crippen molar-refractivity contribution in [1.82, 2.24) is 0 Å². The van der Waals surface area contributed by atoms with Crippen molar-refractivity contribution in [3.8, 4) is 17.2 Å². The van der Waals surface area contributed by atoms with Gasteiger partial charge in [0, 0.05) is 6.04 Å². The minimum absolute atomic E-state index is 0.0277. The van der Waals surface area contributed by atoms with Crippen molar-refractivity contribution in [2.24, 2.45) is 5.73 Å². The summed E-state index contributed by atoms with van der Waals surface area (Å²) in [5.41, 5.74) is 7.25. The van der Waals surface area contributed by atoms with Crippen LogP contribution in [0.4, 0.5) is 0 Å². The lowest BCUT2D eigenvalue weighted by Gasteiger charge is -2.14. The summed E-state index contributed by atoms with van der Waals surface area (Å²) in [6.07, 6.45) is 4.55. The third kappa shape index (κ3) is 2.70. The Morgan fingerprint density at radius 1 is 1.33 bits per heavy atom. The van der Waals surface area contributed by atoms with Crippen molar-refractivity contribution in [1.29, 1.82) is 0 Å². The fraction of sp³-hybridized carbons (Fsp3) is 0.571. The predicted molar refractivity (Wildman–Crippen MR) is 70.2 cm³/mol. The lowest BCUT2D eigenvalue weighted by molar-refractivity contribution is 0.171. The van der Waals surface area contributed by atoms with Crippen LogP contribution in [0.5, 0.6) is 17.2 Å². The third-order valence-corrected chi connectivity index (χ3v) is 3.23. The van der Waals surface area contributed by atoms with Gasteiger partial charge in [-0.05, 0) is 24.1 Å². The molecule has 1 aliphatic heterocycles.